The number of para-hydroxylation sites is 2. The highest BCUT2D eigenvalue weighted by Crippen LogP contribution is 2.64. The van der Waals surface area contributed by atoms with Crippen molar-refractivity contribution in [1.82, 2.24) is 0 Å². The van der Waals surface area contributed by atoms with Gasteiger partial charge in [-0.2, -0.15) is 0 Å². The third-order valence-corrected chi connectivity index (χ3v) is 15.4. The van der Waals surface area contributed by atoms with E-state index in [0.29, 0.717) is 0 Å². The fraction of sp³-hybridized carbons (Fsp3) is 0.0606. The first-order valence-electron chi connectivity index (χ1n) is 23.8. The van der Waals surface area contributed by atoms with Crippen molar-refractivity contribution in [3.8, 4) is 33.4 Å². The highest BCUT2D eigenvalue weighted by molar-refractivity contribution is 6.11. The standard InChI is InChI=1S/C66H46N2/c1-65(2)59-33-16-17-34-62(59)68(64-49-25-9-7-20-44(49)35-38-55(64)50-29-18-21-43-19-6-8-24-48(43)50)63-42-47(37-40-60(63)65)67(45-22-4-3-5-23-45)46-36-39-54-53-28-12-15-32-58(53)66(61(54)41-46)56-30-13-10-26-51(56)52-27-11-14-31-57(52)66/h3-42H,1-2H3. The molecule has 1 spiro atoms. The van der Waals surface area contributed by atoms with Gasteiger partial charge >= 0.3 is 0 Å². The largest absolute Gasteiger partial charge is 0.310 e. The Morgan fingerprint density at radius 2 is 0.794 bits per heavy atom. The number of rotatable bonds is 5. The predicted molar refractivity (Wildman–Crippen MR) is 285 cm³/mol. The van der Waals surface area contributed by atoms with E-state index in [-0.39, 0.29) is 5.41 Å². The van der Waals surface area contributed by atoms with E-state index in [2.05, 4.69) is 266 Å². The van der Waals surface area contributed by atoms with Crippen molar-refractivity contribution in [3.05, 3.63) is 276 Å². The Bertz CT molecular complexity index is 3790. The Hall–Kier alpha value is -8.46. The maximum atomic E-state index is 2.59. The van der Waals surface area contributed by atoms with Gasteiger partial charge in [-0.05, 0) is 120 Å². The van der Waals surface area contributed by atoms with E-state index in [0.717, 1.165) is 17.1 Å². The van der Waals surface area contributed by atoms with E-state index in [1.807, 2.05) is 0 Å². The first kappa shape index (κ1) is 38.8. The lowest BCUT2D eigenvalue weighted by molar-refractivity contribution is 0.632. The quantitative estimate of drug-likeness (QED) is 0.170. The number of fused-ring (bicyclic) bond motifs is 14. The van der Waals surface area contributed by atoms with Crippen LogP contribution in [0.5, 0.6) is 0 Å². The third-order valence-electron chi connectivity index (χ3n) is 15.4. The normalized spacial score (nSPS) is 14.2. The molecule has 0 atom stereocenters. The minimum atomic E-state index is -0.454. The van der Waals surface area contributed by atoms with Crippen molar-refractivity contribution in [2.75, 3.05) is 9.80 Å². The first-order chi connectivity index (χ1) is 33.5. The summed E-state index contributed by atoms with van der Waals surface area (Å²) in [6, 6.07) is 90.7. The molecule has 2 heteroatoms. The minimum Gasteiger partial charge on any atom is -0.310 e. The maximum absolute atomic E-state index is 2.59. The van der Waals surface area contributed by atoms with E-state index in [9.17, 15) is 0 Å². The van der Waals surface area contributed by atoms with Crippen LogP contribution < -0.4 is 9.80 Å². The van der Waals surface area contributed by atoms with Crippen LogP contribution in [0.15, 0.2) is 243 Å². The Balaban J connectivity index is 1.03. The Morgan fingerprint density at radius 3 is 1.50 bits per heavy atom. The van der Waals surface area contributed by atoms with Crippen LogP contribution in [0.1, 0.15) is 47.2 Å². The second-order valence-electron chi connectivity index (χ2n) is 19.2. The zero-order valence-corrected chi connectivity index (χ0v) is 38.0. The molecule has 2 nitrogen and oxygen atoms in total. The molecule has 0 saturated carbocycles. The zero-order valence-electron chi connectivity index (χ0n) is 38.0. The molecule has 11 aromatic carbocycles. The number of nitrogens with zero attached hydrogens (tertiary/aromatic N) is 2. The summed E-state index contributed by atoms with van der Waals surface area (Å²) in [5, 5.41) is 4.89. The Labute approximate surface area is 397 Å². The third kappa shape index (κ3) is 5.29. The second-order valence-corrected chi connectivity index (χ2v) is 19.2. The van der Waals surface area contributed by atoms with Gasteiger partial charge in [0, 0.05) is 33.4 Å². The molecule has 0 aromatic heterocycles. The van der Waals surface area contributed by atoms with Crippen LogP contribution in [-0.2, 0) is 10.8 Å². The van der Waals surface area contributed by atoms with Crippen molar-refractivity contribution < 1.29 is 0 Å². The molecule has 0 unspecified atom stereocenters. The number of anilines is 6. The topological polar surface area (TPSA) is 6.48 Å². The summed E-state index contributed by atoms with van der Waals surface area (Å²) < 4.78 is 0. The van der Waals surface area contributed by atoms with Gasteiger partial charge in [0.25, 0.3) is 0 Å². The van der Waals surface area contributed by atoms with Gasteiger partial charge in [0.15, 0.2) is 0 Å². The molecule has 0 bridgehead atoms. The molecule has 3 aliphatic rings. The van der Waals surface area contributed by atoms with Crippen molar-refractivity contribution in [2.45, 2.75) is 24.7 Å². The van der Waals surface area contributed by atoms with Crippen LogP contribution in [0.2, 0.25) is 0 Å². The van der Waals surface area contributed by atoms with Crippen LogP contribution in [0.4, 0.5) is 34.1 Å². The molecule has 320 valence electrons. The molecular weight excluding hydrogens is 821 g/mol. The molecule has 2 aliphatic carbocycles. The lowest BCUT2D eigenvalue weighted by Crippen LogP contribution is -2.31. The number of hydrogen-bond acceptors (Lipinski definition) is 2. The van der Waals surface area contributed by atoms with E-state index in [1.54, 1.807) is 0 Å². The van der Waals surface area contributed by atoms with Gasteiger partial charge < -0.3 is 9.80 Å². The summed E-state index contributed by atoms with van der Waals surface area (Å²) in [5.41, 5.74) is 21.7. The molecule has 0 N–H and O–H groups in total. The van der Waals surface area contributed by atoms with Gasteiger partial charge in [0.1, 0.15) is 0 Å². The van der Waals surface area contributed by atoms with Gasteiger partial charge in [0.2, 0.25) is 0 Å². The van der Waals surface area contributed by atoms with Gasteiger partial charge in [-0.3, -0.25) is 0 Å². The lowest BCUT2D eigenvalue weighted by Gasteiger charge is -2.43. The molecule has 0 fully saturated rings. The molecule has 0 radical (unpaired) electrons. The van der Waals surface area contributed by atoms with E-state index in [4.69, 9.17) is 0 Å². The summed E-state index contributed by atoms with van der Waals surface area (Å²) in [7, 11) is 0. The van der Waals surface area contributed by atoms with Crippen LogP contribution in [-0.4, -0.2) is 0 Å². The molecule has 0 saturated heterocycles. The lowest BCUT2D eigenvalue weighted by atomic mass is 9.70. The second kappa shape index (κ2) is 14.5. The van der Waals surface area contributed by atoms with Gasteiger partial charge in [-0.15, -0.1) is 0 Å². The van der Waals surface area contributed by atoms with Gasteiger partial charge in [0.05, 0.1) is 22.5 Å². The highest BCUT2D eigenvalue weighted by Gasteiger charge is 2.51. The van der Waals surface area contributed by atoms with Crippen molar-refractivity contribution in [2.24, 2.45) is 0 Å². The summed E-state index contributed by atoms with van der Waals surface area (Å²) in [5.74, 6) is 0. The molecule has 0 amide bonds. The van der Waals surface area contributed by atoms with Crippen molar-refractivity contribution >= 4 is 55.7 Å². The van der Waals surface area contributed by atoms with Crippen LogP contribution in [0.25, 0.3) is 54.9 Å². The first-order valence-corrected chi connectivity index (χ1v) is 23.8. The molecule has 14 rings (SSSR count). The van der Waals surface area contributed by atoms with E-state index >= 15 is 0 Å². The molecular formula is C66H46N2. The zero-order chi connectivity index (χ0) is 45.1. The molecule has 1 aliphatic heterocycles. The fourth-order valence-corrected chi connectivity index (χ4v) is 12.5. The van der Waals surface area contributed by atoms with E-state index in [1.165, 1.54) is 105 Å². The van der Waals surface area contributed by atoms with Crippen LogP contribution in [0.3, 0.4) is 0 Å². The summed E-state index contributed by atoms with van der Waals surface area (Å²) in [4.78, 5) is 5.06. The molecule has 11 aromatic rings. The average Bonchev–Trinajstić information content (AvgIpc) is 3.86. The Morgan fingerprint density at radius 1 is 0.309 bits per heavy atom. The monoisotopic (exact) mass is 866 g/mol. The van der Waals surface area contributed by atoms with Crippen LogP contribution in [0, 0.1) is 0 Å². The molecule has 68 heavy (non-hydrogen) atoms. The summed E-state index contributed by atoms with van der Waals surface area (Å²) >= 11 is 0. The average molecular weight is 867 g/mol. The highest BCUT2D eigenvalue weighted by atomic mass is 15.2. The summed E-state index contributed by atoms with van der Waals surface area (Å²) in [6.07, 6.45) is 0. The maximum Gasteiger partial charge on any atom is 0.0726 e. The number of hydrogen-bond donors (Lipinski definition) is 0. The minimum absolute atomic E-state index is 0.280. The van der Waals surface area contributed by atoms with Crippen molar-refractivity contribution in [3.63, 3.8) is 0 Å². The van der Waals surface area contributed by atoms with Crippen LogP contribution >= 0.6 is 0 Å². The number of benzene rings is 11. The predicted octanol–water partition coefficient (Wildman–Crippen LogP) is 17.6. The molecule has 1 heterocycles. The van der Waals surface area contributed by atoms with E-state index < -0.39 is 5.41 Å². The van der Waals surface area contributed by atoms with Crippen molar-refractivity contribution in [1.29, 1.82) is 0 Å². The summed E-state index contributed by atoms with van der Waals surface area (Å²) in [6.45, 7) is 4.78. The SMILES string of the molecule is CC1(C)c2ccccc2N(c2c(-c3cccc4ccccc34)ccc3ccccc23)c2cc(N(c3ccccc3)c3ccc4c(c3)C3(c5ccccc5-c5ccccc53)c3ccccc3-4)ccc21. The van der Waals surface area contributed by atoms with Gasteiger partial charge in [-0.1, -0.05) is 214 Å². The van der Waals surface area contributed by atoms with Gasteiger partial charge in [-0.25, -0.2) is 0 Å². The Kier molecular flexibility index (Phi) is 8.28. The fourth-order valence-electron chi connectivity index (χ4n) is 12.5. The smallest absolute Gasteiger partial charge is 0.0726 e.